The normalized spacial score (nSPS) is 10.8. The molecule has 0 saturated heterocycles. The molecule has 1 nitrogen and oxygen atoms in total. The SMILES string of the molecule is C=Cc1[nH]c2ccc3ccccc3c2c1C=C. The molecule has 1 heterocycles. The van der Waals surface area contributed by atoms with E-state index < -0.39 is 0 Å². The summed E-state index contributed by atoms with van der Waals surface area (Å²) in [4.78, 5) is 3.37. The third kappa shape index (κ3) is 1.32. The molecule has 0 aliphatic rings. The van der Waals surface area contributed by atoms with E-state index in [2.05, 4.69) is 54.5 Å². The van der Waals surface area contributed by atoms with Crippen molar-refractivity contribution in [1.82, 2.24) is 4.98 Å². The summed E-state index contributed by atoms with van der Waals surface area (Å²) in [7, 11) is 0. The highest BCUT2D eigenvalue weighted by Gasteiger charge is 2.09. The molecule has 0 aliphatic carbocycles. The van der Waals surface area contributed by atoms with E-state index >= 15 is 0 Å². The number of rotatable bonds is 2. The summed E-state index contributed by atoms with van der Waals surface area (Å²) in [5.74, 6) is 0. The smallest absolute Gasteiger partial charge is 0.0471 e. The van der Waals surface area contributed by atoms with Gasteiger partial charge in [-0.3, -0.25) is 0 Å². The van der Waals surface area contributed by atoms with Gasteiger partial charge in [0.2, 0.25) is 0 Å². The lowest BCUT2D eigenvalue weighted by molar-refractivity contribution is 1.43. The molecule has 17 heavy (non-hydrogen) atoms. The number of fused-ring (bicyclic) bond motifs is 3. The van der Waals surface area contributed by atoms with Gasteiger partial charge in [-0.1, -0.05) is 49.6 Å². The second kappa shape index (κ2) is 3.63. The van der Waals surface area contributed by atoms with E-state index in [4.69, 9.17) is 0 Å². The van der Waals surface area contributed by atoms with Crippen LogP contribution in [0.5, 0.6) is 0 Å². The van der Waals surface area contributed by atoms with Gasteiger partial charge in [0.05, 0.1) is 0 Å². The number of hydrogen-bond acceptors (Lipinski definition) is 0. The van der Waals surface area contributed by atoms with Crippen molar-refractivity contribution in [2.24, 2.45) is 0 Å². The lowest BCUT2D eigenvalue weighted by Crippen LogP contribution is -1.76. The zero-order valence-corrected chi connectivity index (χ0v) is 9.53. The Bertz CT molecular complexity index is 732. The molecule has 1 heteroatoms. The average molecular weight is 219 g/mol. The van der Waals surface area contributed by atoms with Crippen molar-refractivity contribution in [1.29, 1.82) is 0 Å². The summed E-state index contributed by atoms with van der Waals surface area (Å²) in [5, 5.41) is 3.73. The van der Waals surface area contributed by atoms with Crippen LogP contribution in [0.2, 0.25) is 0 Å². The van der Waals surface area contributed by atoms with Gasteiger partial charge in [0, 0.05) is 22.2 Å². The number of aromatic nitrogens is 1. The number of hydrogen-bond donors (Lipinski definition) is 1. The molecule has 82 valence electrons. The van der Waals surface area contributed by atoms with Crippen LogP contribution in [0, 0.1) is 0 Å². The molecule has 0 amide bonds. The van der Waals surface area contributed by atoms with E-state index in [1.807, 2.05) is 12.2 Å². The standard InChI is InChI=1S/C16H13N/c1-3-12-14(4-2)17-15-10-9-11-7-5-6-8-13(11)16(12)15/h3-10,17H,1-2H2. The van der Waals surface area contributed by atoms with Crippen LogP contribution in [-0.4, -0.2) is 4.98 Å². The molecule has 0 radical (unpaired) electrons. The van der Waals surface area contributed by atoms with Gasteiger partial charge in [0.15, 0.2) is 0 Å². The zero-order chi connectivity index (χ0) is 11.8. The first-order valence-corrected chi connectivity index (χ1v) is 5.63. The predicted octanol–water partition coefficient (Wildman–Crippen LogP) is 4.61. The van der Waals surface area contributed by atoms with E-state index in [1.54, 1.807) is 0 Å². The van der Waals surface area contributed by atoms with Crippen LogP contribution in [0.15, 0.2) is 49.6 Å². The molecule has 0 atom stereocenters. The fraction of sp³-hybridized carbons (Fsp3) is 0. The third-order valence-electron chi connectivity index (χ3n) is 3.17. The Kier molecular flexibility index (Phi) is 2.12. The minimum atomic E-state index is 1.03. The van der Waals surface area contributed by atoms with Crippen LogP contribution in [-0.2, 0) is 0 Å². The molecular weight excluding hydrogens is 206 g/mol. The Morgan fingerprint density at radius 1 is 0.941 bits per heavy atom. The van der Waals surface area contributed by atoms with Gasteiger partial charge in [0.25, 0.3) is 0 Å². The summed E-state index contributed by atoms with van der Waals surface area (Å²) < 4.78 is 0. The highest BCUT2D eigenvalue weighted by Crippen LogP contribution is 2.31. The molecule has 0 saturated carbocycles. The lowest BCUT2D eigenvalue weighted by atomic mass is 10.0. The first-order chi connectivity index (χ1) is 8.35. The first-order valence-electron chi connectivity index (χ1n) is 5.63. The van der Waals surface area contributed by atoms with Gasteiger partial charge in [-0.15, -0.1) is 0 Å². The summed E-state index contributed by atoms with van der Waals surface area (Å²) in [6.07, 6.45) is 3.73. The van der Waals surface area contributed by atoms with Gasteiger partial charge < -0.3 is 4.98 Å². The van der Waals surface area contributed by atoms with Crippen LogP contribution in [0.25, 0.3) is 33.8 Å². The molecule has 0 aliphatic heterocycles. The topological polar surface area (TPSA) is 15.8 Å². The van der Waals surface area contributed by atoms with Gasteiger partial charge in [-0.2, -0.15) is 0 Å². The fourth-order valence-corrected chi connectivity index (χ4v) is 2.39. The largest absolute Gasteiger partial charge is 0.355 e. The Hall–Kier alpha value is -2.28. The molecule has 1 N–H and O–H groups in total. The van der Waals surface area contributed by atoms with E-state index in [9.17, 15) is 0 Å². The summed E-state index contributed by atoms with van der Waals surface area (Å²) in [5.41, 5.74) is 3.30. The Balaban J connectivity index is 2.60. The number of aromatic amines is 1. The van der Waals surface area contributed by atoms with Crippen molar-refractivity contribution in [3.63, 3.8) is 0 Å². The maximum Gasteiger partial charge on any atom is 0.0471 e. The van der Waals surface area contributed by atoms with Crippen LogP contribution in [0.3, 0.4) is 0 Å². The molecule has 0 spiro atoms. The number of benzene rings is 2. The minimum absolute atomic E-state index is 1.03. The van der Waals surface area contributed by atoms with Gasteiger partial charge in [0.1, 0.15) is 0 Å². The highest BCUT2D eigenvalue weighted by molar-refractivity contribution is 6.11. The molecule has 0 unspecified atom stereocenters. The first kappa shape index (κ1) is 9.91. The number of nitrogens with one attached hydrogen (secondary N) is 1. The third-order valence-corrected chi connectivity index (χ3v) is 3.17. The Labute approximate surface area is 100 Å². The Morgan fingerprint density at radius 3 is 2.53 bits per heavy atom. The molecule has 2 aromatic carbocycles. The van der Waals surface area contributed by atoms with E-state index in [-0.39, 0.29) is 0 Å². The monoisotopic (exact) mass is 219 g/mol. The lowest BCUT2D eigenvalue weighted by Gasteiger charge is -2.00. The van der Waals surface area contributed by atoms with Gasteiger partial charge in [-0.25, -0.2) is 0 Å². The molecule has 0 bridgehead atoms. The molecular formula is C16H13N. The van der Waals surface area contributed by atoms with E-state index in [0.29, 0.717) is 0 Å². The molecule has 3 rings (SSSR count). The molecule has 1 aromatic heterocycles. The van der Waals surface area contributed by atoms with Crippen molar-refractivity contribution in [2.75, 3.05) is 0 Å². The maximum absolute atomic E-state index is 3.90. The van der Waals surface area contributed by atoms with Crippen LogP contribution in [0.1, 0.15) is 11.3 Å². The zero-order valence-electron chi connectivity index (χ0n) is 9.53. The summed E-state index contributed by atoms with van der Waals surface area (Å²) in [6, 6.07) is 12.6. The van der Waals surface area contributed by atoms with Gasteiger partial charge in [-0.05, 0) is 22.9 Å². The van der Waals surface area contributed by atoms with E-state index in [0.717, 1.165) is 16.8 Å². The van der Waals surface area contributed by atoms with Crippen molar-refractivity contribution in [3.8, 4) is 0 Å². The quantitative estimate of drug-likeness (QED) is 0.648. The second-order valence-electron chi connectivity index (χ2n) is 4.07. The summed E-state index contributed by atoms with van der Waals surface area (Å²) >= 11 is 0. The predicted molar refractivity (Wildman–Crippen MR) is 76.0 cm³/mol. The van der Waals surface area contributed by atoms with Crippen LogP contribution in [0.4, 0.5) is 0 Å². The van der Waals surface area contributed by atoms with Crippen LogP contribution >= 0.6 is 0 Å². The number of H-pyrrole nitrogens is 1. The minimum Gasteiger partial charge on any atom is -0.355 e. The molecule has 3 aromatic rings. The fourth-order valence-electron chi connectivity index (χ4n) is 2.39. The summed E-state index contributed by atoms with van der Waals surface area (Å²) in [6.45, 7) is 7.74. The van der Waals surface area contributed by atoms with Crippen molar-refractivity contribution in [2.45, 2.75) is 0 Å². The van der Waals surface area contributed by atoms with E-state index in [1.165, 1.54) is 16.2 Å². The molecule has 0 fully saturated rings. The highest BCUT2D eigenvalue weighted by atomic mass is 14.7. The van der Waals surface area contributed by atoms with Crippen molar-refractivity contribution in [3.05, 3.63) is 60.8 Å². The van der Waals surface area contributed by atoms with Gasteiger partial charge >= 0.3 is 0 Å². The van der Waals surface area contributed by atoms with Crippen LogP contribution < -0.4 is 0 Å². The second-order valence-corrected chi connectivity index (χ2v) is 4.07. The average Bonchev–Trinajstić information content (AvgIpc) is 2.76. The maximum atomic E-state index is 3.90. The van der Waals surface area contributed by atoms with Crippen molar-refractivity contribution >= 4 is 33.8 Å². The Morgan fingerprint density at radius 2 is 1.76 bits per heavy atom. The van der Waals surface area contributed by atoms with Crippen molar-refractivity contribution < 1.29 is 0 Å².